The molecule has 2 N–H and O–H groups in total. The molecule has 4 amide bonds. The molecule has 1 saturated carbocycles. The minimum atomic E-state index is -2.04. The maximum atomic E-state index is 14.0. The van der Waals surface area contributed by atoms with E-state index in [-0.39, 0.29) is 29.3 Å². The van der Waals surface area contributed by atoms with E-state index in [2.05, 4.69) is 0 Å². The number of phenolic OH excluding ortho intramolecular Hbond substituents is 1. The molecule has 6 atom stereocenters. The van der Waals surface area contributed by atoms with Crippen LogP contribution >= 0.6 is 23.2 Å². The van der Waals surface area contributed by atoms with Gasteiger partial charge in [0.25, 0.3) is 23.6 Å². The third kappa shape index (κ3) is 2.99. The van der Waals surface area contributed by atoms with Crippen molar-refractivity contribution >= 4 is 52.5 Å². The first-order valence-corrected chi connectivity index (χ1v) is 12.3. The van der Waals surface area contributed by atoms with Crippen molar-refractivity contribution in [2.75, 3.05) is 4.90 Å². The molecule has 190 valence electrons. The zero-order chi connectivity index (χ0) is 26.4. The number of imide groups is 2. The van der Waals surface area contributed by atoms with Crippen molar-refractivity contribution in [3.05, 3.63) is 71.6 Å². The molecule has 2 saturated heterocycles. The number of anilines is 1. The molecule has 0 aromatic heterocycles. The molecule has 37 heavy (non-hydrogen) atoms. The van der Waals surface area contributed by atoms with Crippen LogP contribution in [0, 0.1) is 23.6 Å². The predicted octanol–water partition coefficient (Wildman–Crippen LogP) is 3.48. The number of carbonyl (C=O) groups excluding carboxylic acids is 4. The lowest BCUT2D eigenvalue weighted by Gasteiger charge is -2.50. The van der Waals surface area contributed by atoms with Gasteiger partial charge in [-0.2, -0.15) is 5.06 Å². The van der Waals surface area contributed by atoms with Gasteiger partial charge >= 0.3 is 0 Å². The molecule has 11 heteroatoms. The molecule has 2 aliphatic heterocycles. The Kier molecular flexibility index (Phi) is 5.12. The van der Waals surface area contributed by atoms with Crippen LogP contribution in [0.15, 0.2) is 60.2 Å². The van der Waals surface area contributed by atoms with Crippen molar-refractivity contribution < 1.29 is 33.9 Å². The molecule has 0 bridgehead atoms. The number of rotatable bonds is 2. The van der Waals surface area contributed by atoms with Crippen molar-refractivity contribution in [1.82, 2.24) is 5.06 Å². The molecule has 2 heterocycles. The number of phenols is 1. The number of fused-ring (bicyclic) bond motifs is 4. The first-order chi connectivity index (χ1) is 17.5. The number of alkyl halides is 2. The van der Waals surface area contributed by atoms with E-state index < -0.39 is 62.9 Å². The van der Waals surface area contributed by atoms with Crippen LogP contribution in [-0.2, 0) is 19.2 Å². The number of aromatic hydroxyl groups is 1. The standard InChI is InChI=1S/C26H19Cl2FN2O6/c27-25-11-18-16(9-10-17-19(18)22(34)31(37)21(17)33)20(12-1-7-15(32)8-2-12)26(25,28)24(36)30(23(25)35)14-5-3-13(29)4-6-14/h1-9,17-20,32,37H,10-11H2. The van der Waals surface area contributed by atoms with Crippen LogP contribution < -0.4 is 4.90 Å². The average Bonchev–Trinajstić information content (AvgIpc) is 3.19. The molecule has 2 aromatic carbocycles. The Morgan fingerprint density at radius 2 is 1.54 bits per heavy atom. The van der Waals surface area contributed by atoms with Gasteiger partial charge in [0.15, 0.2) is 9.75 Å². The summed E-state index contributed by atoms with van der Waals surface area (Å²) in [4.78, 5) is 50.2. The van der Waals surface area contributed by atoms with Gasteiger partial charge < -0.3 is 5.11 Å². The minimum Gasteiger partial charge on any atom is -0.508 e. The monoisotopic (exact) mass is 544 g/mol. The van der Waals surface area contributed by atoms with E-state index in [1.54, 1.807) is 18.2 Å². The van der Waals surface area contributed by atoms with Crippen LogP contribution in [0.4, 0.5) is 10.1 Å². The highest BCUT2D eigenvalue weighted by Crippen LogP contribution is 2.65. The lowest BCUT2D eigenvalue weighted by molar-refractivity contribution is -0.173. The van der Waals surface area contributed by atoms with Crippen LogP contribution in [0.5, 0.6) is 5.75 Å². The van der Waals surface area contributed by atoms with Gasteiger partial charge in [0, 0.05) is 5.92 Å². The number of carbonyl (C=O) groups is 4. The smallest absolute Gasteiger partial charge is 0.258 e. The summed E-state index contributed by atoms with van der Waals surface area (Å²) in [5.41, 5.74) is 1.10. The number of hydrogen-bond donors (Lipinski definition) is 2. The van der Waals surface area contributed by atoms with Gasteiger partial charge in [-0.05, 0) is 60.7 Å². The summed E-state index contributed by atoms with van der Waals surface area (Å²) in [6.45, 7) is 0. The number of hydrogen-bond acceptors (Lipinski definition) is 6. The Balaban J connectivity index is 1.57. The van der Waals surface area contributed by atoms with Gasteiger partial charge in [-0.3, -0.25) is 24.4 Å². The molecule has 6 rings (SSSR count). The number of halogens is 3. The number of allylic oxidation sites excluding steroid dienone is 2. The van der Waals surface area contributed by atoms with Crippen LogP contribution in [0.3, 0.4) is 0 Å². The van der Waals surface area contributed by atoms with Gasteiger partial charge in [0.1, 0.15) is 11.6 Å². The maximum absolute atomic E-state index is 14.0. The van der Waals surface area contributed by atoms with Gasteiger partial charge in [-0.1, -0.05) is 23.8 Å². The third-order valence-corrected chi connectivity index (χ3v) is 9.51. The molecule has 6 unspecified atom stereocenters. The largest absolute Gasteiger partial charge is 0.508 e. The second kappa shape index (κ2) is 7.86. The summed E-state index contributed by atoms with van der Waals surface area (Å²) < 4.78 is 13.6. The van der Waals surface area contributed by atoms with Crippen LogP contribution in [0.2, 0.25) is 0 Å². The highest BCUT2D eigenvalue weighted by molar-refractivity contribution is 6.58. The Labute approximate surface area is 219 Å². The van der Waals surface area contributed by atoms with Crippen molar-refractivity contribution in [3.8, 4) is 5.75 Å². The highest BCUT2D eigenvalue weighted by atomic mass is 35.5. The highest BCUT2D eigenvalue weighted by Gasteiger charge is 2.76. The molecule has 0 spiro atoms. The Morgan fingerprint density at radius 1 is 0.892 bits per heavy atom. The fraction of sp³-hybridized carbons (Fsp3) is 0.308. The molecule has 2 aromatic rings. The van der Waals surface area contributed by atoms with Crippen LogP contribution in [-0.4, -0.2) is 48.8 Å². The molecule has 8 nitrogen and oxygen atoms in total. The average molecular weight is 545 g/mol. The Bertz CT molecular complexity index is 1410. The van der Waals surface area contributed by atoms with Crippen LogP contribution in [0.25, 0.3) is 0 Å². The van der Waals surface area contributed by atoms with Crippen LogP contribution in [0.1, 0.15) is 24.3 Å². The van der Waals surface area contributed by atoms with Gasteiger partial charge in [0.2, 0.25) is 0 Å². The molecule has 2 aliphatic carbocycles. The second-order valence-electron chi connectivity index (χ2n) is 9.83. The summed E-state index contributed by atoms with van der Waals surface area (Å²) in [6, 6.07) is 10.6. The van der Waals surface area contributed by atoms with E-state index in [0.717, 1.165) is 17.0 Å². The second-order valence-corrected chi connectivity index (χ2v) is 11.1. The lowest BCUT2D eigenvalue weighted by Crippen LogP contribution is -2.60. The zero-order valence-corrected chi connectivity index (χ0v) is 20.5. The zero-order valence-electron chi connectivity index (χ0n) is 19.0. The normalized spacial score (nSPS) is 34.9. The number of nitrogens with zero attached hydrogens (tertiary/aromatic N) is 2. The quantitative estimate of drug-likeness (QED) is 0.259. The molecular formula is C26H19Cl2FN2O6. The van der Waals surface area contributed by atoms with Crippen molar-refractivity contribution in [1.29, 1.82) is 0 Å². The summed E-state index contributed by atoms with van der Waals surface area (Å²) >= 11 is 14.3. The van der Waals surface area contributed by atoms with Gasteiger partial charge in [0.05, 0.1) is 17.5 Å². The molecule has 3 fully saturated rings. The number of benzene rings is 2. The Morgan fingerprint density at radius 3 is 2.19 bits per heavy atom. The van der Waals surface area contributed by atoms with Gasteiger partial charge in [-0.25, -0.2) is 9.29 Å². The van der Waals surface area contributed by atoms with Crippen molar-refractivity contribution in [2.24, 2.45) is 17.8 Å². The van der Waals surface area contributed by atoms with Crippen molar-refractivity contribution in [3.63, 3.8) is 0 Å². The van der Waals surface area contributed by atoms with E-state index in [4.69, 9.17) is 23.2 Å². The molecule has 4 aliphatic rings. The maximum Gasteiger partial charge on any atom is 0.258 e. The van der Waals surface area contributed by atoms with Gasteiger partial charge in [-0.15, -0.1) is 23.2 Å². The Hall–Kier alpha value is -3.27. The molecular weight excluding hydrogens is 526 g/mol. The first kappa shape index (κ1) is 24.1. The fourth-order valence-corrected chi connectivity index (χ4v) is 7.36. The van der Waals surface area contributed by atoms with E-state index in [0.29, 0.717) is 11.1 Å². The number of hydroxylamine groups is 2. The van der Waals surface area contributed by atoms with E-state index in [1.807, 2.05) is 0 Å². The third-order valence-electron chi connectivity index (χ3n) is 8.10. The van der Waals surface area contributed by atoms with Crippen molar-refractivity contribution in [2.45, 2.75) is 28.5 Å². The fourth-order valence-electron chi connectivity index (χ4n) is 6.42. The summed E-state index contributed by atoms with van der Waals surface area (Å²) in [7, 11) is 0. The molecule has 0 radical (unpaired) electrons. The summed E-state index contributed by atoms with van der Waals surface area (Å²) in [5.74, 6) is -7.39. The number of amides is 4. The minimum absolute atomic E-state index is 0.0381. The SMILES string of the molecule is O=C1C2CC=C3C(CC4(Cl)C(=O)N(c5ccc(F)cc5)C(=O)C4(Cl)C3c3ccc(O)cc3)C2C(=O)N1O. The summed E-state index contributed by atoms with van der Waals surface area (Å²) in [6.07, 6.45) is 1.61. The van der Waals surface area contributed by atoms with E-state index in [9.17, 15) is 33.9 Å². The predicted molar refractivity (Wildman–Crippen MR) is 128 cm³/mol. The summed E-state index contributed by atoms with van der Waals surface area (Å²) in [5, 5.41) is 20.0. The topological polar surface area (TPSA) is 115 Å². The van der Waals surface area contributed by atoms with E-state index in [1.165, 1.54) is 24.3 Å². The lowest BCUT2D eigenvalue weighted by atomic mass is 9.56. The van der Waals surface area contributed by atoms with E-state index >= 15 is 0 Å². The first-order valence-electron chi connectivity index (χ1n) is 11.6.